The molecule has 6 heteroatoms. The van der Waals surface area contributed by atoms with Gasteiger partial charge >= 0.3 is 17.9 Å². The normalized spacial score (nSPS) is 12.3. The molecule has 24 heavy (non-hydrogen) atoms. The third-order valence-electron chi connectivity index (χ3n) is 2.90. The predicted octanol–water partition coefficient (Wildman–Crippen LogP) is 2.88. The molecule has 0 rings (SSSR count). The standard InChI is InChI=1S/C18H26O6/c1-11(15(19)22-7)9-14(10-12(2)16(20)23-8)13(3)17(21)24-18(4,5)6/h9-10H,1-8H3. The Morgan fingerprint density at radius 2 is 1.12 bits per heavy atom. The van der Waals surface area contributed by atoms with Gasteiger partial charge in [0.05, 0.1) is 14.2 Å². The van der Waals surface area contributed by atoms with Crippen molar-refractivity contribution < 1.29 is 28.6 Å². The third kappa shape index (κ3) is 7.26. The monoisotopic (exact) mass is 338 g/mol. The molecule has 0 radical (unpaired) electrons. The molecule has 0 aliphatic heterocycles. The first-order valence-corrected chi connectivity index (χ1v) is 7.40. The largest absolute Gasteiger partial charge is 0.466 e. The van der Waals surface area contributed by atoms with Crippen LogP contribution in [0.2, 0.25) is 0 Å². The Bertz CT molecular complexity index is 565. The van der Waals surface area contributed by atoms with E-state index in [1.807, 2.05) is 0 Å². The Balaban J connectivity index is 6.04. The molecule has 0 aromatic rings. The molecule has 0 bridgehead atoms. The summed E-state index contributed by atoms with van der Waals surface area (Å²) in [6.45, 7) is 9.92. The van der Waals surface area contributed by atoms with E-state index in [0.717, 1.165) is 0 Å². The van der Waals surface area contributed by atoms with Crippen LogP contribution in [0.3, 0.4) is 0 Å². The lowest BCUT2D eigenvalue weighted by Gasteiger charge is -2.20. The SMILES string of the molecule is COC(=O)C(C)=CC(C=C(C)C(=O)OC)=C(C)C(=O)OC(C)(C)C. The maximum Gasteiger partial charge on any atom is 0.334 e. The van der Waals surface area contributed by atoms with E-state index in [1.54, 1.807) is 41.5 Å². The zero-order chi connectivity index (χ0) is 19.1. The Hall–Kier alpha value is -2.37. The van der Waals surface area contributed by atoms with E-state index in [1.165, 1.54) is 26.4 Å². The predicted molar refractivity (Wildman–Crippen MR) is 90.1 cm³/mol. The first-order chi connectivity index (χ1) is 10.9. The van der Waals surface area contributed by atoms with Crippen molar-refractivity contribution in [1.29, 1.82) is 0 Å². The molecule has 0 heterocycles. The van der Waals surface area contributed by atoms with Gasteiger partial charge in [-0.15, -0.1) is 0 Å². The van der Waals surface area contributed by atoms with Gasteiger partial charge in [0, 0.05) is 16.7 Å². The fourth-order valence-corrected chi connectivity index (χ4v) is 1.64. The zero-order valence-corrected chi connectivity index (χ0v) is 15.6. The Morgan fingerprint density at radius 3 is 1.42 bits per heavy atom. The summed E-state index contributed by atoms with van der Waals surface area (Å²) in [7, 11) is 2.53. The van der Waals surface area contributed by atoms with E-state index < -0.39 is 23.5 Å². The van der Waals surface area contributed by atoms with Gasteiger partial charge in [-0.1, -0.05) is 0 Å². The summed E-state index contributed by atoms with van der Waals surface area (Å²) in [4.78, 5) is 35.5. The number of hydrogen-bond donors (Lipinski definition) is 0. The van der Waals surface area contributed by atoms with E-state index in [4.69, 9.17) is 4.74 Å². The van der Waals surface area contributed by atoms with Crippen molar-refractivity contribution in [2.75, 3.05) is 14.2 Å². The van der Waals surface area contributed by atoms with Crippen LogP contribution in [-0.2, 0) is 28.6 Å². The number of carbonyl (C=O) groups excluding carboxylic acids is 3. The molecule has 0 atom stereocenters. The van der Waals surface area contributed by atoms with E-state index in [-0.39, 0.29) is 16.7 Å². The maximum atomic E-state index is 12.3. The summed E-state index contributed by atoms with van der Waals surface area (Å²) in [5.74, 6) is -1.61. The lowest BCUT2D eigenvalue weighted by Crippen LogP contribution is -2.24. The summed E-state index contributed by atoms with van der Waals surface area (Å²) in [5.41, 5.74) is 0.534. The van der Waals surface area contributed by atoms with Crippen molar-refractivity contribution in [3.05, 3.63) is 34.4 Å². The Kier molecular flexibility index (Phi) is 8.16. The number of methoxy groups -OCH3 is 2. The molecule has 0 spiro atoms. The smallest absolute Gasteiger partial charge is 0.334 e. The van der Waals surface area contributed by atoms with Crippen molar-refractivity contribution in [3.63, 3.8) is 0 Å². The van der Waals surface area contributed by atoms with Crippen molar-refractivity contribution in [3.8, 4) is 0 Å². The summed E-state index contributed by atoms with van der Waals surface area (Å²) in [6, 6.07) is 0. The number of allylic oxidation sites excluding steroid dienone is 3. The topological polar surface area (TPSA) is 78.9 Å². The highest BCUT2D eigenvalue weighted by molar-refractivity contribution is 5.94. The van der Waals surface area contributed by atoms with Crippen LogP contribution in [0.4, 0.5) is 0 Å². The van der Waals surface area contributed by atoms with Crippen LogP contribution in [0.1, 0.15) is 41.5 Å². The Labute approximate surface area is 143 Å². The van der Waals surface area contributed by atoms with Crippen molar-refractivity contribution in [2.24, 2.45) is 0 Å². The molecule has 0 saturated heterocycles. The molecule has 0 aliphatic carbocycles. The van der Waals surface area contributed by atoms with Gasteiger partial charge in [-0.05, 0) is 59.3 Å². The molecule has 6 nitrogen and oxygen atoms in total. The van der Waals surface area contributed by atoms with E-state index in [9.17, 15) is 14.4 Å². The van der Waals surface area contributed by atoms with Crippen LogP contribution in [0.15, 0.2) is 34.4 Å². The fourth-order valence-electron chi connectivity index (χ4n) is 1.64. The highest BCUT2D eigenvalue weighted by Crippen LogP contribution is 2.18. The van der Waals surface area contributed by atoms with Crippen LogP contribution in [0, 0.1) is 0 Å². The summed E-state index contributed by atoms with van der Waals surface area (Å²) in [6.07, 6.45) is 2.94. The summed E-state index contributed by atoms with van der Waals surface area (Å²) >= 11 is 0. The van der Waals surface area contributed by atoms with Gasteiger partial charge in [0.2, 0.25) is 0 Å². The average Bonchev–Trinajstić information content (AvgIpc) is 2.49. The Morgan fingerprint density at radius 1 is 0.750 bits per heavy atom. The molecular weight excluding hydrogens is 312 g/mol. The van der Waals surface area contributed by atoms with Crippen molar-refractivity contribution >= 4 is 17.9 Å². The van der Waals surface area contributed by atoms with Gasteiger partial charge in [0.25, 0.3) is 0 Å². The summed E-state index contributed by atoms with van der Waals surface area (Å²) in [5, 5.41) is 0. The highest BCUT2D eigenvalue weighted by atomic mass is 16.6. The van der Waals surface area contributed by atoms with Gasteiger partial charge in [0.1, 0.15) is 5.60 Å². The number of hydrogen-bond acceptors (Lipinski definition) is 6. The fraction of sp³-hybridized carbons (Fsp3) is 0.500. The van der Waals surface area contributed by atoms with Gasteiger partial charge in [0.15, 0.2) is 0 Å². The van der Waals surface area contributed by atoms with E-state index in [2.05, 4.69) is 9.47 Å². The second-order valence-corrected chi connectivity index (χ2v) is 6.22. The molecule has 0 unspecified atom stereocenters. The number of carbonyl (C=O) groups is 3. The average molecular weight is 338 g/mol. The van der Waals surface area contributed by atoms with Gasteiger partial charge in [-0.2, -0.15) is 0 Å². The van der Waals surface area contributed by atoms with Crippen LogP contribution < -0.4 is 0 Å². The molecule has 0 aromatic heterocycles. The minimum Gasteiger partial charge on any atom is -0.466 e. The van der Waals surface area contributed by atoms with E-state index in [0.29, 0.717) is 5.57 Å². The second-order valence-electron chi connectivity index (χ2n) is 6.22. The van der Waals surface area contributed by atoms with Crippen molar-refractivity contribution in [2.45, 2.75) is 47.1 Å². The lowest BCUT2D eigenvalue weighted by molar-refractivity contribution is -0.150. The summed E-state index contributed by atoms with van der Waals surface area (Å²) < 4.78 is 14.6. The minimum atomic E-state index is -0.661. The first kappa shape index (κ1) is 21.6. The second kappa shape index (κ2) is 9.05. The van der Waals surface area contributed by atoms with Crippen LogP contribution in [-0.4, -0.2) is 37.7 Å². The van der Waals surface area contributed by atoms with Gasteiger partial charge in [-0.3, -0.25) is 0 Å². The first-order valence-electron chi connectivity index (χ1n) is 7.40. The minimum absolute atomic E-state index is 0.261. The molecule has 134 valence electrons. The number of esters is 3. The number of ether oxygens (including phenoxy) is 3. The number of rotatable bonds is 5. The molecule has 0 N–H and O–H groups in total. The maximum absolute atomic E-state index is 12.3. The quantitative estimate of drug-likeness (QED) is 0.332. The van der Waals surface area contributed by atoms with Crippen LogP contribution in [0.5, 0.6) is 0 Å². The van der Waals surface area contributed by atoms with Gasteiger partial charge < -0.3 is 14.2 Å². The van der Waals surface area contributed by atoms with Crippen LogP contribution in [0.25, 0.3) is 0 Å². The molecule has 0 aromatic carbocycles. The van der Waals surface area contributed by atoms with Gasteiger partial charge in [-0.25, -0.2) is 14.4 Å². The third-order valence-corrected chi connectivity index (χ3v) is 2.90. The van der Waals surface area contributed by atoms with Crippen LogP contribution >= 0.6 is 0 Å². The van der Waals surface area contributed by atoms with Crippen molar-refractivity contribution in [1.82, 2.24) is 0 Å². The molecule has 0 fully saturated rings. The highest BCUT2D eigenvalue weighted by Gasteiger charge is 2.20. The molecule has 0 amide bonds. The van der Waals surface area contributed by atoms with E-state index >= 15 is 0 Å². The molecule has 0 aliphatic rings. The molecular formula is C18H26O6. The molecule has 0 saturated carbocycles. The lowest BCUT2D eigenvalue weighted by atomic mass is 10.0. The zero-order valence-electron chi connectivity index (χ0n) is 15.6.